The van der Waals surface area contributed by atoms with Gasteiger partial charge in [0.1, 0.15) is 6.04 Å². The van der Waals surface area contributed by atoms with Crippen molar-refractivity contribution in [1.82, 2.24) is 15.1 Å². The number of carbonyl (C=O) groups is 1. The standard InChI is InChI=1S/C20H28N4O2/c1-21-19(16-12-22-24(2)13-16)20(25)23-17-8-6-7-15(11-17)14-26-18-9-4-3-5-10-18/h6-8,11-13,18-19,21H,3-5,9-10,14H2,1-2H3,(H,23,25). The Bertz CT molecular complexity index is 722. The van der Waals surface area contributed by atoms with Gasteiger partial charge in [-0.2, -0.15) is 5.10 Å². The topological polar surface area (TPSA) is 68.2 Å². The van der Waals surface area contributed by atoms with Gasteiger partial charge in [-0.25, -0.2) is 0 Å². The lowest BCUT2D eigenvalue weighted by molar-refractivity contribution is -0.118. The minimum Gasteiger partial charge on any atom is -0.374 e. The summed E-state index contributed by atoms with van der Waals surface area (Å²) in [6.45, 7) is 0.590. The summed E-state index contributed by atoms with van der Waals surface area (Å²) in [6, 6.07) is 7.43. The number of ether oxygens (including phenoxy) is 1. The summed E-state index contributed by atoms with van der Waals surface area (Å²) in [5.74, 6) is -0.106. The van der Waals surface area contributed by atoms with Crippen molar-refractivity contribution in [2.24, 2.45) is 7.05 Å². The van der Waals surface area contributed by atoms with Crippen LogP contribution in [0.2, 0.25) is 0 Å². The van der Waals surface area contributed by atoms with Gasteiger partial charge in [-0.1, -0.05) is 31.4 Å². The number of rotatable bonds is 7. The van der Waals surface area contributed by atoms with Gasteiger partial charge in [-0.3, -0.25) is 9.48 Å². The van der Waals surface area contributed by atoms with Gasteiger partial charge >= 0.3 is 0 Å². The highest BCUT2D eigenvalue weighted by Crippen LogP contribution is 2.22. The smallest absolute Gasteiger partial charge is 0.246 e. The number of carbonyl (C=O) groups excluding carboxylic acids is 1. The molecular weight excluding hydrogens is 328 g/mol. The lowest BCUT2D eigenvalue weighted by Crippen LogP contribution is -2.30. The fraction of sp³-hybridized carbons (Fsp3) is 0.500. The molecule has 1 atom stereocenters. The molecule has 0 saturated heterocycles. The van der Waals surface area contributed by atoms with E-state index >= 15 is 0 Å². The first-order chi connectivity index (χ1) is 12.7. The number of nitrogens with zero attached hydrogens (tertiary/aromatic N) is 2. The lowest BCUT2D eigenvalue weighted by atomic mass is 9.98. The van der Waals surface area contributed by atoms with Crippen LogP contribution < -0.4 is 10.6 Å². The van der Waals surface area contributed by atoms with Crippen molar-refractivity contribution in [3.63, 3.8) is 0 Å². The molecule has 1 saturated carbocycles. The number of hydrogen-bond donors (Lipinski definition) is 2. The largest absolute Gasteiger partial charge is 0.374 e. The molecule has 1 amide bonds. The van der Waals surface area contributed by atoms with Gasteiger partial charge in [0.15, 0.2) is 0 Å². The van der Waals surface area contributed by atoms with E-state index in [4.69, 9.17) is 4.74 Å². The van der Waals surface area contributed by atoms with Crippen LogP contribution in [0, 0.1) is 0 Å². The average molecular weight is 356 g/mol. The molecule has 0 spiro atoms. The van der Waals surface area contributed by atoms with E-state index in [0.29, 0.717) is 12.7 Å². The molecule has 0 bridgehead atoms. The van der Waals surface area contributed by atoms with Crippen molar-refractivity contribution in [2.75, 3.05) is 12.4 Å². The van der Waals surface area contributed by atoms with E-state index < -0.39 is 6.04 Å². The minimum absolute atomic E-state index is 0.106. The van der Waals surface area contributed by atoms with Gasteiger partial charge in [-0.05, 0) is 37.6 Å². The van der Waals surface area contributed by atoms with Crippen molar-refractivity contribution in [3.8, 4) is 0 Å². The van der Waals surface area contributed by atoms with E-state index in [-0.39, 0.29) is 5.91 Å². The van der Waals surface area contributed by atoms with Gasteiger partial charge in [0, 0.05) is 24.5 Å². The van der Waals surface area contributed by atoms with E-state index in [1.165, 1.54) is 19.3 Å². The maximum absolute atomic E-state index is 12.6. The van der Waals surface area contributed by atoms with Crippen molar-refractivity contribution >= 4 is 11.6 Å². The number of amides is 1. The Morgan fingerprint density at radius 1 is 1.35 bits per heavy atom. The summed E-state index contributed by atoms with van der Waals surface area (Å²) in [6.07, 6.45) is 10.1. The second-order valence-corrected chi connectivity index (χ2v) is 6.93. The van der Waals surface area contributed by atoms with Crippen molar-refractivity contribution in [3.05, 3.63) is 47.8 Å². The maximum Gasteiger partial charge on any atom is 0.246 e. The number of nitrogens with one attached hydrogen (secondary N) is 2. The zero-order valence-corrected chi connectivity index (χ0v) is 15.6. The fourth-order valence-corrected chi connectivity index (χ4v) is 3.44. The first-order valence-corrected chi connectivity index (χ1v) is 9.33. The average Bonchev–Trinajstić information content (AvgIpc) is 3.08. The maximum atomic E-state index is 12.6. The molecule has 0 radical (unpaired) electrons. The highest BCUT2D eigenvalue weighted by atomic mass is 16.5. The molecule has 26 heavy (non-hydrogen) atoms. The van der Waals surface area contributed by atoms with Crippen LogP contribution in [0.15, 0.2) is 36.7 Å². The molecule has 1 aromatic heterocycles. The Kier molecular flexibility index (Phi) is 6.41. The summed E-state index contributed by atoms with van der Waals surface area (Å²) < 4.78 is 7.72. The van der Waals surface area contributed by atoms with Gasteiger partial charge in [-0.15, -0.1) is 0 Å². The third kappa shape index (κ3) is 4.93. The zero-order chi connectivity index (χ0) is 18.4. The Balaban J connectivity index is 1.59. The predicted octanol–water partition coefficient (Wildman–Crippen LogP) is 3.17. The second-order valence-electron chi connectivity index (χ2n) is 6.93. The minimum atomic E-state index is -0.439. The van der Waals surface area contributed by atoms with E-state index in [1.807, 2.05) is 37.5 Å². The van der Waals surface area contributed by atoms with Gasteiger partial charge in [0.2, 0.25) is 5.91 Å². The summed E-state index contributed by atoms with van der Waals surface area (Å²) in [4.78, 5) is 12.6. The first kappa shape index (κ1) is 18.6. The zero-order valence-electron chi connectivity index (χ0n) is 15.6. The Morgan fingerprint density at radius 2 is 2.15 bits per heavy atom. The van der Waals surface area contributed by atoms with E-state index in [0.717, 1.165) is 29.7 Å². The monoisotopic (exact) mass is 356 g/mol. The fourth-order valence-electron chi connectivity index (χ4n) is 3.44. The van der Waals surface area contributed by atoms with Crippen LogP contribution in [0.1, 0.15) is 49.3 Å². The summed E-state index contributed by atoms with van der Waals surface area (Å²) >= 11 is 0. The molecule has 140 valence electrons. The van der Waals surface area contributed by atoms with Crippen molar-refractivity contribution in [1.29, 1.82) is 0 Å². The molecule has 3 rings (SSSR count). The molecule has 1 aliphatic carbocycles. The molecule has 1 heterocycles. The third-order valence-electron chi connectivity index (χ3n) is 4.84. The molecule has 1 aliphatic rings. The molecule has 1 unspecified atom stereocenters. The van der Waals surface area contributed by atoms with E-state index in [2.05, 4.69) is 15.7 Å². The second kappa shape index (κ2) is 8.96. The van der Waals surface area contributed by atoms with Crippen LogP contribution in [-0.2, 0) is 23.2 Å². The molecule has 2 N–H and O–H groups in total. The van der Waals surface area contributed by atoms with Crippen molar-refractivity contribution in [2.45, 2.75) is 50.9 Å². The molecular formula is C20H28N4O2. The van der Waals surface area contributed by atoms with E-state index in [1.54, 1.807) is 17.9 Å². The van der Waals surface area contributed by atoms with Crippen LogP contribution in [0.5, 0.6) is 0 Å². The highest BCUT2D eigenvalue weighted by Gasteiger charge is 2.20. The van der Waals surface area contributed by atoms with Crippen molar-refractivity contribution < 1.29 is 9.53 Å². The number of anilines is 1. The quantitative estimate of drug-likeness (QED) is 0.800. The first-order valence-electron chi connectivity index (χ1n) is 9.33. The summed E-state index contributed by atoms with van der Waals surface area (Å²) in [5.41, 5.74) is 2.70. The van der Waals surface area contributed by atoms with Crippen LogP contribution in [0.3, 0.4) is 0 Å². The van der Waals surface area contributed by atoms with Crippen LogP contribution in [-0.4, -0.2) is 28.8 Å². The number of likely N-dealkylation sites (N-methyl/N-ethyl adjacent to an activating group) is 1. The van der Waals surface area contributed by atoms with Crippen LogP contribution >= 0.6 is 0 Å². The molecule has 2 aromatic rings. The van der Waals surface area contributed by atoms with Crippen LogP contribution in [0.25, 0.3) is 0 Å². The number of aryl methyl sites for hydroxylation is 1. The van der Waals surface area contributed by atoms with Gasteiger partial charge < -0.3 is 15.4 Å². The Hall–Kier alpha value is -2.18. The molecule has 1 aromatic carbocycles. The summed E-state index contributed by atoms with van der Waals surface area (Å²) in [7, 11) is 3.61. The number of hydrogen-bond acceptors (Lipinski definition) is 4. The Labute approximate surface area is 154 Å². The molecule has 6 nitrogen and oxygen atoms in total. The SMILES string of the molecule is CNC(C(=O)Nc1cccc(COC2CCCCC2)c1)c1cnn(C)c1. The summed E-state index contributed by atoms with van der Waals surface area (Å²) in [5, 5.41) is 10.2. The Morgan fingerprint density at radius 3 is 2.85 bits per heavy atom. The third-order valence-corrected chi connectivity index (χ3v) is 4.84. The molecule has 0 aliphatic heterocycles. The number of benzene rings is 1. The van der Waals surface area contributed by atoms with Crippen LogP contribution in [0.4, 0.5) is 5.69 Å². The van der Waals surface area contributed by atoms with Gasteiger partial charge in [0.05, 0.1) is 18.9 Å². The highest BCUT2D eigenvalue weighted by molar-refractivity contribution is 5.95. The van der Waals surface area contributed by atoms with Gasteiger partial charge in [0.25, 0.3) is 0 Å². The predicted molar refractivity (Wildman–Crippen MR) is 102 cm³/mol. The van der Waals surface area contributed by atoms with E-state index in [9.17, 15) is 4.79 Å². The number of aromatic nitrogens is 2. The molecule has 6 heteroatoms. The lowest BCUT2D eigenvalue weighted by Gasteiger charge is -2.22. The molecule has 1 fully saturated rings. The normalized spacial score (nSPS) is 16.4.